The summed E-state index contributed by atoms with van der Waals surface area (Å²) in [5.41, 5.74) is 2.11. The predicted molar refractivity (Wildman–Crippen MR) is 94.1 cm³/mol. The summed E-state index contributed by atoms with van der Waals surface area (Å²) in [6.45, 7) is 3.09. The van der Waals surface area contributed by atoms with Crippen LogP contribution in [0, 0.1) is 6.92 Å². The number of nitrogens with zero attached hydrogens (tertiary/aromatic N) is 5. The van der Waals surface area contributed by atoms with Crippen molar-refractivity contribution >= 4 is 21.6 Å². The van der Waals surface area contributed by atoms with Gasteiger partial charge in [-0.2, -0.15) is 5.10 Å². The van der Waals surface area contributed by atoms with Gasteiger partial charge in [0.2, 0.25) is 0 Å². The van der Waals surface area contributed by atoms with E-state index in [0.29, 0.717) is 18.5 Å². The van der Waals surface area contributed by atoms with Crippen LogP contribution in [0.25, 0.3) is 20.7 Å². The molecule has 3 aromatic heterocycles. The molecule has 0 N–H and O–H groups in total. The van der Waals surface area contributed by atoms with Gasteiger partial charge in [0, 0.05) is 11.4 Å². The second-order valence-corrected chi connectivity index (χ2v) is 6.50. The lowest BCUT2D eigenvalue weighted by Gasteiger charge is -2.05. The molecule has 3 heterocycles. The molecule has 0 spiro atoms. The van der Waals surface area contributed by atoms with E-state index in [4.69, 9.17) is 0 Å². The van der Waals surface area contributed by atoms with Crippen molar-refractivity contribution in [3.63, 3.8) is 0 Å². The average molecular weight is 337 g/mol. The van der Waals surface area contributed by atoms with Gasteiger partial charge in [0.15, 0.2) is 0 Å². The number of thiophene rings is 1. The molecule has 0 aliphatic heterocycles. The quantitative estimate of drug-likeness (QED) is 0.574. The molecule has 0 aliphatic carbocycles. The summed E-state index contributed by atoms with van der Waals surface area (Å²) in [4.78, 5) is 23.1. The van der Waals surface area contributed by atoms with Gasteiger partial charge in [0.1, 0.15) is 17.5 Å². The fourth-order valence-electron chi connectivity index (χ4n) is 2.74. The van der Waals surface area contributed by atoms with Gasteiger partial charge in [0.25, 0.3) is 5.56 Å². The van der Waals surface area contributed by atoms with E-state index in [2.05, 4.69) is 27.2 Å². The Morgan fingerprint density at radius 1 is 1.12 bits per heavy atom. The highest BCUT2D eigenvalue weighted by atomic mass is 32.1. The van der Waals surface area contributed by atoms with Crippen LogP contribution in [-0.4, -0.2) is 24.3 Å². The smallest absolute Gasteiger partial charge is 0.262 e. The molecule has 6 nitrogen and oxygen atoms in total. The number of aromatic nitrogens is 5. The van der Waals surface area contributed by atoms with Crippen LogP contribution in [0.1, 0.15) is 5.56 Å². The van der Waals surface area contributed by atoms with Crippen molar-refractivity contribution in [2.24, 2.45) is 0 Å². The Labute approximate surface area is 142 Å². The third kappa shape index (κ3) is 2.52. The number of benzene rings is 1. The van der Waals surface area contributed by atoms with Crippen LogP contribution in [0.3, 0.4) is 0 Å². The fraction of sp³-hybridized carbons (Fsp3) is 0.176. The maximum Gasteiger partial charge on any atom is 0.262 e. The summed E-state index contributed by atoms with van der Waals surface area (Å²) in [6, 6.07) is 10.1. The van der Waals surface area contributed by atoms with E-state index in [1.54, 1.807) is 33.2 Å². The lowest BCUT2D eigenvalue weighted by atomic mass is 10.1. The van der Waals surface area contributed by atoms with E-state index in [-0.39, 0.29) is 5.56 Å². The number of hydrogen-bond acceptors (Lipinski definition) is 5. The van der Waals surface area contributed by atoms with Gasteiger partial charge in [-0.1, -0.05) is 30.3 Å². The fourth-order valence-corrected chi connectivity index (χ4v) is 3.89. The SMILES string of the molecule is Cc1c(-c2ccccc2)sc2ncn(CCn3cncn3)c(=O)c12. The van der Waals surface area contributed by atoms with Crippen LogP contribution in [0.2, 0.25) is 0 Å². The zero-order valence-electron chi connectivity index (χ0n) is 13.1. The number of fused-ring (bicyclic) bond motifs is 1. The largest absolute Gasteiger partial charge is 0.297 e. The molecule has 0 radical (unpaired) electrons. The van der Waals surface area contributed by atoms with Crippen molar-refractivity contribution in [2.45, 2.75) is 20.0 Å². The summed E-state index contributed by atoms with van der Waals surface area (Å²) in [5.74, 6) is 0. The minimum Gasteiger partial charge on any atom is -0.297 e. The molecule has 4 rings (SSSR count). The normalized spacial score (nSPS) is 11.2. The molecule has 0 saturated carbocycles. The monoisotopic (exact) mass is 337 g/mol. The number of hydrogen-bond donors (Lipinski definition) is 0. The van der Waals surface area contributed by atoms with Gasteiger partial charge in [-0.15, -0.1) is 11.3 Å². The third-order valence-corrected chi connectivity index (χ3v) is 5.24. The molecule has 24 heavy (non-hydrogen) atoms. The first-order valence-electron chi connectivity index (χ1n) is 7.60. The maximum atomic E-state index is 12.8. The van der Waals surface area contributed by atoms with Gasteiger partial charge in [-0.3, -0.25) is 14.0 Å². The molecule has 0 amide bonds. The van der Waals surface area contributed by atoms with Crippen LogP contribution >= 0.6 is 11.3 Å². The maximum absolute atomic E-state index is 12.8. The molecule has 4 aromatic rings. The summed E-state index contributed by atoms with van der Waals surface area (Å²) in [5, 5.41) is 4.76. The topological polar surface area (TPSA) is 65.6 Å². The first-order chi connectivity index (χ1) is 11.7. The van der Waals surface area contributed by atoms with Crippen molar-refractivity contribution < 1.29 is 0 Å². The molecule has 0 atom stereocenters. The van der Waals surface area contributed by atoms with E-state index in [1.165, 1.54) is 6.33 Å². The molecule has 0 bridgehead atoms. The molecule has 7 heteroatoms. The summed E-state index contributed by atoms with van der Waals surface area (Å²) < 4.78 is 3.34. The van der Waals surface area contributed by atoms with Crippen LogP contribution in [0.5, 0.6) is 0 Å². The van der Waals surface area contributed by atoms with E-state index < -0.39 is 0 Å². The van der Waals surface area contributed by atoms with Gasteiger partial charge in [0.05, 0.1) is 18.3 Å². The van der Waals surface area contributed by atoms with Gasteiger partial charge in [-0.05, 0) is 18.1 Å². The van der Waals surface area contributed by atoms with E-state index in [0.717, 1.165) is 20.8 Å². The first kappa shape index (κ1) is 14.8. The van der Waals surface area contributed by atoms with Gasteiger partial charge >= 0.3 is 0 Å². The molecule has 0 unspecified atom stereocenters. The first-order valence-corrected chi connectivity index (χ1v) is 8.42. The molecular formula is C17H15N5OS. The lowest BCUT2D eigenvalue weighted by molar-refractivity contribution is 0.520. The van der Waals surface area contributed by atoms with Gasteiger partial charge < -0.3 is 0 Å². The Hall–Kier alpha value is -2.80. The number of aryl methyl sites for hydroxylation is 3. The van der Waals surface area contributed by atoms with E-state index in [1.807, 2.05) is 25.1 Å². The Morgan fingerprint density at radius 2 is 1.96 bits per heavy atom. The minimum absolute atomic E-state index is 0.00366. The zero-order chi connectivity index (χ0) is 16.5. The van der Waals surface area contributed by atoms with Crippen LogP contribution in [-0.2, 0) is 13.1 Å². The number of rotatable bonds is 4. The van der Waals surface area contributed by atoms with Crippen molar-refractivity contribution in [3.8, 4) is 10.4 Å². The highest BCUT2D eigenvalue weighted by molar-refractivity contribution is 7.22. The second-order valence-electron chi connectivity index (χ2n) is 5.50. The highest BCUT2D eigenvalue weighted by Crippen LogP contribution is 2.35. The minimum atomic E-state index is -0.00366. The van der Waals surface area contributed by atoms with Crippen molar-refractivity contribution in [3.05, 3.63) is 65.2 Å². The molecule has 0 aliphatic rings. The molecule has 0 fully saturated rings. The Morgan fingerprint density at radius 3 is 2.71 bits per heavy atom. The van der Waals surface area contributed by atoms with Crippen molar-refractivity contribution in [1.82, 2.24) is 24.3 Å². The van der Waals surface area contributed by atoms with Gasteiger partial charge in [-0.25, -0.2) is 9.97 Å². The summed E-state index contributed by atoms with van der Waals surface area (Å²) in [6.07, 6.45) is 4.74. The van der Waals surface area contributed by atoms with Crippen LogP contribution in [0.4, 0.5) is 0 Å². The van der Waals surface area contributed by atoms with Crippen molar-refractivity contribution in [1.29, 1.82) is 0 Å². The zero-order valence-corrected chi connectivity index (χ0v) is 13.9. The average Bonchev–Trinajstić information content (AvgIpc) is 3.23. The summed E-state index contributed by atoms with van der Waals surface area (Å²) in [7, 11) is 0. The predicted octanol–water partition coefficient (Wildman–Crippen LogP) is 2.73. The summed E-state index contributed by atoms with van der Waals surface area (Å²) >= 11 is 1.56. The van der Waals surface area contributed by atoms with E-state index >= 15 is 0 Å². The second kappa shape index (κ2) is 6.01. The Kier molecular flexibility index (Phi) is 3.70. The molecular weight excluding hydrogens is 322 g/mol. The molecule has 0 saturated heterocycles. The molecule has 120 valence electrons. The van der Waals surface area contributed by atoms with Crippen LogP contribution in [0.15, 0.2) is 54.1 Å². The standard InChI is InChI=1S/C17H15N5OS/c1-12-14-16(24-15(12)13-5-3-2-4-6-13)19-11-21(17(14)23)7-8-22-10-18-9-20-22/h2-6,9-11H,7-8H2,1H3. The van der Waals surface area contributed by atoms with Crippen molar-refractivity contribution in [2.75, 3.05) is 0 Å². The Bertz CT molecular complexity index is 1030. The lowest BCUT2D eigenvalue weighted by Crippen LogP contribution is -2.23. The molecule has 1 aromatic carbocycles. The third-order valence-electron chi connectivity index (χ3n) is 3.99. The Balaban J connectivity index is 1.76. The highest BCUT2D eigenvalue weighted by Gasteiger charge is 2.15. The van der Waals surface area contributed by atoms with E-state index in [9.17, 15) is 4.79 Å². The van der Waals surface area contributed by atoms with Crippen LogP contribution < -0.4 is 5.56 Å².